The first-order chi connectivity index (χ1) is 9.54. The Balaban J connectivity index is 4.04. The average Bonchev–Trinajstić information content (AvgIpc) is 2.43. The molecular formula is C13H29N5O2. The van der Waals surface area contributed by atoms with E-state index in [2.05, 4.69) is 21.3 Å². The van der Waals surface area contributed by atoms with Gasteiger partial charge < -0.3 is 27.0 Å². The summed E-state index contributed by atoms with van der Waals surface area (Å²) < 4.78 is 0. The fourth-order valence-corrected chi connectivity index (χ4v) is 1.91. The first-order valence-corrected chi connectivity index (χ1v) is 7.10. The fraction of sp³-hybridized carbons (Fsp3) is 0.846. The molecule has 2 atom stereocenters. The normalized spacial score (nSPS) is 13.8. The lowest BCUT2D eigenvalue weighted by molar-refractivity contribution is -0.123. The molecule has 0 fully saturated rings. The van der Waals surface area contributed by atoms with Crippen LogP contribution in [0.15, 0.2) is 0 Å². The summed E-state index contributed by atoms with van der Waals surface area (Å²) in [7, 11) is 5.51. The monoisotopic (exact) mass is 287 g/mol. The third kappa shape index (κ3) is 8.84. The van der Waals surface area contributed by atoms with Gasteiger partial charge in [-0.15, -0.1) is 0 Å². The Hall–Kier alpha value is -1.18. The van der Waals surface area contributed by atoms with E-state index in [1.165, 1.54) is 0 Å². The number of carbonyl (C=O) groups is 2. The van der Waals surface area contributed by atoms with E-state index in [-0.39, 0.29) is 24.4 Å². The highest BCUT2D eigenvalue weighted by molar-refractivity contribution is 5.82. The SMILES string of the molecule is CNCCC[C@@H](CNC(=O)[C@H](CCC(N)=O)NC)NC. The van der Waals surface area contributed by atoms with E-state index >= 15 is 0 Å². The zero-order valence-electron chi connectivity index (χ0n) is 12.8. The number of rotatable bonds is 12. The lowest BCUT2D eigenvalue weighted by Crippen LogP contribution is -2.47. The number of primary amides is 1. The van der Waals surface area contributed by atoms with Crippen LogP contribution >= 0.6 is 0 Å². The van der Waals surface area contributed by atoms with Crippen molar-refractivity contribution in [2.24, 2.45) is 5.73 Å². The van der Waals surface area contributed by atoms with Gasteiger partial charge in [0.1, 0.15) is 0 Å². The van der Waals surface area contributed by atoms with E-state index < -0.39 is 5.91 Å². The van der Waals surface area contributed by atoms with E-state index in [1.54, 1.807) is 7.05 Å². The summed E-state index contributed by atoms with van der Waals surface area (Å²) in [4.78, 5) is 22.7. The maximum Gasteiger partial charge on any atom is 0.237 e. The minimum Gasteiger partial charge on any atom is -0.370 e. The van der Waals surface area contributed by atoms with Gasteiger partial charge in [-0.2, -0.15) is 0 Å². The minimum atomic E-state index is -0.391. The number of hydrogen-bond donors (Lipinski definition) is 5. The number of hydrogen-bond acceptors (Lipinski definition) is 5. The summed E-state index contributed by atoms with van der Waals surface area (Å²) in [5.74, 6) is -0.485. The molecule has 0 aromatic carbocycles. The van der Waals surface area contributed by atoms with Crippen LogP contribution in [-0.4, -0.2) is 58.1 Å². The Morgan fingerprint density at radius 1 is 1.10 bits per heavy atom. The van der Waals surface area contributed by atoms with E-state index in [1.807, 2.05) is 14.1 Å². The Morgan fingerprint density at radius 3 is 2.30 bits per heavy atom. The van der Waals surface area contributed by atoms with Gasteiger partial charge in [-0.3, -0.25) is 9.59 Å². The maximum absolute atomic E-state index is 12.0. The van der Waals surface area contributed by atoms with Crippen molar-refractivity contribution in [3.63, 3.8) is 0 Å². The molecule has 0 aromatic heterocycles. The summed E-state index contributed by atoms with van der Waals surface area (Å²) >= 11 is 0. The largest absolute Gasteiger partial charge is 0.370 e. The van der Waals surface area contributed by atoms with E-state index in [0.29, 0.717) is 13.0 Å². The maximum atomic E-state index is 12.0. The second-order valence-corrected chi connectivity index (χ2v) is 4.82. The first kappa shape index (κ1) is 18.8. The molecule has 0 heterocycles. The van der Waals surface area contributed by atoms with Crippen molar-refractivity contribution in [2.45, 2.75) is 37.8 Å². The summed E-state index contributed by atoms with van der Waals surface area (Å²) in [6, 6.07) is -0.127. The predicted molar refractivity (Wildman–Crippen MR) is 80.3 cm³/mol. The minimum absolute atomic E-state index is 0.0948. The number of nitrogens with one attached hydrogen (secondary N) is 4. The van der Waals surface area contributed by atoms with E-state index in [4.69, 9.17) is 5.73 Å². The van der Waals surface area contributed by atoms with E-state index in [0.717, 1.165) is 19.4 Å². The molecule has 0 unspecified atom stereocenters. The summed E-state index contributed by atoms with van der Waals surface area (Å²) in [6.45, 7) is 1.54. The molecule has 118 valence electrons. The molecule has 0 saturated carbocycles. The molecule has 0 aromatic rings. The second kappa shape index (κ2) is 11.6. The third-order valence-corrected chi connectivity index (χ3v) is 3.25. The van der Waals surface area contributed by atoms with Crippen LogP contribution in [0.5, 0.6) is 0 Å². The highest BCUT2D eigenvalue weighted by Crippen LogP contribution is 1.98. The van der Waals surface area contributed by atoms with Crippen molar-refractivity contribution in [3.05, 3.63) is 0 Å². The average molecular weight is 287 g/mol. The van der Waals surface area contributed by atoms with Crippen LogP contribution in [0, 0.1) is 0 Å². The molecule has 2 amide bonds. The van der Waals surface area contributed by atoms with Crippen LogP contribution in [0.25, 0.3) is 0 Å². The van der Waals surface area contributed by atoms with Gasteiger partial charge in [0.05, 0.1) is 6.04 Å². The zero-order chi connectivity index (χ0) is 15.4. The summed E-state index contributed by atoms with van der Waals surface area (Å²) in [5.41, 5.74) is 5.09. The number of nitrogens with two attached hydrogens (primary N) is 1. The van der Waals surface area contributed by atoms with Crippen LogP contribution in [0.4, 0.5) is 0 Å². The van der Waals surface area contributed by atoms with Crippen LogP contribution in [-0.2, 0) is 9.59 Å². The van der Waals surface area contributed by atoms with Gasteiger partial charge in [0.25, 0.3) is 0 Å². The van der Waals surface area contributed by atoms with Gasteiger partial charge >= 0.3 is 0 Å². The molecule has 0 aliphatic carbocycles. The highest BCUT2D eigenvalue weighted by Gasteiger charge is 2.17. The number of carbonyl (C=O) groups excluding carboxylic acids is 2. The summed E-state index contributed by atoms with van der Waals surface area (Å²) in [6.07, 6.45) is 2.66. The third-order valence-electron chi connectivity index (χ3n) is 3.25. The predicted octanol–water partition coefficient (Wildman–Crippen LogP) is -1.46. The van der Waals surface area contributed by atoms with Crippen molar-refractivity contribution in [1.82, 2.24) is 21.3 Å². The quantitative estimate of drug-likeness (QED) is 0.282. The molecular weight excluding hydrogens is 258 g/mol. The van der Waals surface area contributed by atoms with Gasteiger partial charge in [-0.25, -0.2) is 0 Å². The van der Waals surface area contributed by atoms with Crippen molar-refractivity contribution >= 4 is 11.8 Å². The van der Waals surface area contributed by atoms with Crippen LogP contribution in [0.1, 0.15) is 25.7 Å². The van der Waals surface area contributed by atoms with Gasteiger partial charge in [0, 0.05) is 19.0 Å². The van der Waals surface area contributed by atoms with Gasteiger partial charge in [-0.1, -0.05) is 0 Å². The van der Waals surface area contributed by atoms with Gasteiger partial charge in [0.2, 0.25) is 11.8 Å². The van der Waals surface area contributed by atoms with Gasteiger partial charge in [0.15, 0.2) is 0 Å². The highest BCUT2D eigenvalue weighted by atomic mass is 16.2. The molecule has 0 aliphatic heterocycles. The molecule has 0 aliphatic rings. The lowest BCUT2D eigenvalue weighted by Gasteiger charge is -2.20. The van der Waals surface area contributed by atoms with Crippen LogP contribution < -0.4 is 27.0 Å². The Bertz CT molecular complexity index is 286. The topological polar surface area (TPSA) is 108 Å². The molecule has 0 radical (unpaired) electrons. The molecule has 0 saturated heterocycles. The lowest BCUT2D eigenvalue weighted by atomic mass is 10.1. The number of likely N-dealkylation sites (N-methyl/N-ethyl adjacent to an activating group) is 2. The number of amides is 2. The van der Waals surface area contributed by atoms with Crippen molar-refractivity contribution in [1.29, 1.82) is 0 Å². The molecule has 0 bridgehead atoms. The van der Waals surface area contributed by atoms with Crippen molar-refractivity contribution < 1.29 is 9.59 Å². The zero-order valence-corrected chi connectivity index (χ0v) is 12.8. The van der Waals surface area contributed by atoms with Crippen LogP contribution in [0.2, 0.25) is 0 Å². The van der Waals surface area contributed by atoms with E-state index in [9.17, 15) is 9.59 Å². The molecule has 6 N–H and O–H groups in total. The standard InChI is InChI=1S/C13H29N5O2/c1-15-8-4-5-10(16-2)9-18-13(20)11(17-3)6-7-12(14)19/h10-11,15-17H,4-9H2,1-3H3,(H2,14,19)(H,18,20)/t10-,11-/m0/s1. The molecule has 20 heavy (non-hydrogen) atoms. The second-order valence-electron chi connectivity index (χ2n) is 4.82. The summed E-state index contributed by atoms with van der Waals surface area (Å²) in [5, 5.41) is 12.1. The Morgan fingerprint density at radius 2 is 1.80 bits per heavy atom. The van der Waals surface area contributed by atoms with Crippen molar-refractivity contribution in [2.75, 3.05) is 34.2 Å². The Kier molecular flexibility index (Phi) is 10.9. The first-order valence-electron chi connectivity index (χ1n) is 7.10. The smallest absolute Gasteiger partial charge is 0.237 e. The molecule has 7 heteroatoms. The molecule has 7 nitrogen and oxygen atoms in total. The fourth-order valence-electron chi connectivity index (χ4n) is 1.91. The molecule has 0 rings (SSSR count). The van der Waals surface area contributed by atoms with Gasteiger partial charge in [-0.05, 0) is 47.0 Å². The van der Waals surface area contributed by atoms with Crippen LogP contribution in [0.3, 0.4) is 0 Å². The molecule has 0 spiro atoms. The Labute approximate surface area is 121 Å². The van der Waals surface area contributed by atoms with Crippen molar-refractivity contribution in [3.8, 4) is 0 Å².